The van der Waals surface area contributed by atoms with Crippen LogP contribution in [0.25, 0.3) is 11.3 Å². The van der Waals surface area contributed by atoms with Gasteiger partial charge in [0.15, 0.2) is 0 Å². The number of hydrogen-bond acceptors (Lipinski definition) is 2. The monoisotopic (exact) mass is 340 g/mol. The number of rotatable bonds is 5. The molecule has 6 heteroatoms. The second kappa shape index (κ2) is 7.66. The van der Waals surface area contributed by atoms with Crippen LogP contribution in [-0.2, 0) is 6.42 Å². The molecule has 0 saturated heterocycles. The van der Waals surface area contributed by atoms with Crippen molar-refractivity contribution in [1.82, 2.24) is 15.3 Å². The van der Waals surface area contributed by atoms with Crippen molar-refractivity contribution in [1.29, 1.82) is 0 Å². The highest BCUT2D eigenvalue weighted by atomic mass is 35.5. The van der Waals surface area contributed by atoms with Crippen molar-refractivity contribution in [2.75, 3.05) is 11.9 Å². The summed E-state index contributed by atoms with van der Waals surface area (Å²) in [7, 11) is 0. The minimum absolute atomic E-state index is 0.294. The standard InChI is InChI=1S/C18H17ClN4O/c19-14-8-4-5-9-15(14)23-18(24)20-11-10-17-21-12-16(22-17)13-6-2-1-3-7-13/h1-9,12H,10-11H2,(H,21,22)(H2,20,23,24). The van der Waals surface area contributed by atoms with Gasteiger partial charge in [-0.05, 0) is 17.7 Å². The molecule has 2 amide bonds. The minimum atomic E-state index is -0.294. The van der Waals surface area contributed by atoms with Crippen LogP contribution in [0.5, 0.6) is 0 Å². The highest BCUT2D eigenvalue weighted by molar-refractivity contribution is 6.33. The number of carbonyl (C=O) groups is 1. The Kier molecular flexibility index (Phi) is 5.13. The van der Waals surface area contributed by atoms with Gasteiger partial charge in [-0.2, -0.15) is 0 Å². The van der Waals surface area contributed by atoms with E-state index in [4.69, 9.17) is 11.6 Å². The molecular formula is C18H17ClN4O. The summed E-state index contributed by atoms with van der Waals surface area (Å²) in [5, 5.41) is 6.01. The maximum atomic E-state index is 11.9. The number of H-pyrrole nitrogens is 1. The number of nitrogens with zero attached hydrogens (tertiary/aromatic N) is 1. The van der Waals surface area contributed by atoms with Gasteiger partial charge in [-0.15, -0.1) is 0 Å². The Morgan fingerprint density at radius 1 is 1.08 bits per heavy atom. The van der Waals surface area contributed by atoms with Gasteiger partial charge in [0, 0.05) is 13.0 Å². The molecule has 0 aliphatic heterocycles. The molecule has 0 spiro atoms. The molecule has 0 unspecified atom stereocenters. The van der Waals surface area contributed by atoms with E-state index in [9.17, 15) is 4.79 Å². The number of urea groups is 1. The van der Waals surface area contributed by atoms with Crippen molar-refractivity contribution < 1.29 is 4.79 Å². The van der Waals surface area contributed by atoms with Gasteiger partial charge >= 0.3 is 6.03 Å². The average Bonchev–Trinajstić information content (AvgIpc) is 3.07. The molecule has 5 nitrogen and oxygen atoms in total. The van der Waals surface area contributed by atoms with E-state index in [0.717, 1.165) is 17.1 Å². The van der Waals surface area contributed by atoms with Crippen LogP contribution in [0, 0.1) is 0 Å². The summed E-state index contributed by atoms with van der Waals surface area (Å²) in [5.41, 5.74) is 2.63. The summed E-state index contributed by atoms with van der Waals surface area (Å²) in [6, 6.07) is 16.8. The van der Waals surface area contributed by atoms with Crippen molar-refractivity contribution in [3.05, 3.63) is 71.6 Å². The number of benzene rings is 2. The molecule has 3 N–H and O–H groups in total. The number of imidazole rings is 1. The molecule has 0 atom stereocenters. The summed E-state index contributed by atoms with van der Waals surface area (Å²) < 4.78 is 0. The van der Waals surface area contributed by atoms with Gasteiger partial charge in [0.05, 0.1) is 22.6 Å². The van der Waals surface area contributed by atoms with E-state index in [1.807, 2.05) is 42.5 Å². The zero-order valence-electron chi connectivity index (χ0n) is 12.9. The molecule has 0 aliphatic carbocycles. The third-order valence-corrected chi connectivity index (χ3v) is 3.81. The fourth-order valence-electron chi connectivity index (χ4n) is 2.28. The van der Waals surface area contributed by atoms with E-state index in [0.29, 0.717) is 23.7 Å². The van der Waals surface area contributed by atoms with E-state index >= 15 is 0 Å². The molecule has 0 bridgehead atoms. The Bertz CT molecular complexity index is 817. The third-order valence-electron chi connectivity index (χ3n) is 3.48. The van der Waals surface area contributed by atoms with Gasteiger partial charge in [0.2, 0.25) is 0 Å². The Morgan fingerprint density at radius 2 is 1.83 bits per heavy atom. The van der Waals surface area contributed by atoms with Crippen LogP contribution in [0.4, 0.5) is 10.5 Å². The van der Waals surface area contributed by atoms with E-state index in [1.54, 1.807) is 18.3 Å². The predicted octanol–water partition coefficient (Wildman–Crippen LogP) is 4.09. The third kappa shape index (κ3) is 4.14. The van der Waals surface area contributed by atoms with Gasteiger partial charge in [-0.3, -0.25) is 0 Å². The van der Waals surface area contributed by atoms with Crippen molar-refractivity contribution in [3.8, 4) is 11.3 Å². The van der Waals surface area contributed by atoms with Crippen LogP contribution in [-0.4, -0.2) is 22.5 Å². The Balaban J connectivity index is 1.49. The molecule has 0 aliphatic rings. The first-order chi connectivity index (χ1) is 11.7. The Hall–Kier alpha value is -2.79. The number of aromatic nitrogens is 2. The second-order valence-electron chi connectivity index (χ2n) is 5.22. The quantitative estimate of drug-likeness (QED) is 0.654. The maximum absolute atomic E-state index is 11.9. The van der Waals surface area contributed by atoms with Crippen molar-refractivity contribution in [2.45, 2.75) is 6.42 Å². The fraction of sp³-hybridized carbons (Fsp3) is 0.111. The number of anilines is 1. The maximum Gasteiger partial charge on any atom is 0.319 e. The molecular weight excluding hydrogens is 324 g/mol. The van der Waals surface area contributed by atoms with Crippen LogP contribution in [0.2, 0.25) is 5.02 Å². The lowest BCUT2D eigenvalue weighted by Gasteiger charge is -2.08. The van der Waals surface area contributed by atoms with Gasteiger partial charge in [0.25, 0.3) is 0 Å². The van der Waals surface area contributed by atoms with Gasteiger partial charge in [-0.1, -0.05) is 54.1 Å². The molecule has 24 heavy (non-hydrogen) atoms. The van der Waals surface area contributed by atoms with E-state index in [1.165, 1.54) is 0 Å². The first kappa shape index (κ1) is 16.1. The molecule has 1 heterocycles. The average molecular weight is 341 g/mol. The normalized spacial score (nSPS) is 10.4. The second-order valence-corrected chi connectivity index (χ2v) is 5.63. The Labute approximate surface area is 145 Å². The number of halogens is 1. The number of amides is 2. The van der Waals surface area contributed by atoms with Gasteiger partial charge < -0.3 is 15.6 Å². The molecule has 1 aromatic heterocycles. The van der Waals surface area contributed by atoms with Crippen LogP contribution >= 0.6 is 11.6 Å². The number of aromatic amines is 1. The molecule has 3 rings (SSSR count). The number of para-hydroxylation sites is 1. The predicted molar refractivity (Wildman–Crippen MR) is 96.2 cm³/mol. The first-order valence-electron chi connectivity index (χ1n) is 7.61. The molecule has 0 saturated carbocycles. The lowest BCUT2D eigenvalue weighted by molar-refractivity contribution is 0.252. The largest absolute Gasteiger partial charge is 0.342 e. The lowest BCUT2D eigenvalue weighted by atomic mass is 10.2. The molecule has 2 aromatic carbocycles. The summed E-state index contributed by atoms with van der Waals surface area (Å²) in [4.78, 5) is 19.5. The zero-order chi connectivity index (χ0) is 16.8. The fourth-order valence-corrected chi connectivity index (χ4v) is 2.46. The van der Waals surface area contributed by atoms with Crippen molar-refractivity contribution in [3.63, 3.8) is 0 Å². The first-order valence-corrected chi connectivity index (χ1v) is 7.99. The molecule has 122 valence electrons. The number of hydrogen-bond donors (Lipinski definition) is 3. The van der Waals surface area contributed by atoms with E-state index in [-0.39, 0.29) is 6.03 Å². The van der Waals surface area contributed by atoms with Crippen molar-refractivity contribution in [2.24, 2.45) is 0 Å². The molecule has 0 fully saturated rings. The van der Waals surface area contributed by atoms with Crippen molar-refractivity contribution >= 4 is 23.3 Å². The smallest absolute Gasteiger partial charge is 0.319 e. The zero-order valence-corrected chi connectivity index (χ0v) is 13.7. The SMILES string of the molecule is O=C(NCCc1ncc(-c2ccccc2)[nH]1)Nc1ccccc1Cl. The summed E-state index contributed by atoms with van der Waals surface area (Å²) in [6.45, 7) is 0.470. The van der Waals surface area contributed by atoms with E-state index < -0.39 is 0 Å². The van der Waals surface area contributed by atoms with Crippen LogP contribution in [0.15, 0.2) is 60.8 Å². The number of carbonyl (C=O) groups excluding carboxylic acids is 1. The Morgan fingerprint density at radius 3 is 2.62 bits per heavy atom. The van der Waals surface area contributed by atoms with Crippen LogP contribution < -0.4 is 10.6 Å². The molecule has 3 aromatic rings. The summed E-state index contributed by atoms with van der Waals surface area (Å²) in [6.07, 6.45) is 2.41. The lowest BCUT2D eigenvalue weighted by Crippen LogP contribution is -2.30. The van der Waals surface area contributed by atoms with Gasteiger partial charge in [-0.25, -0.2) is 9.78 Å². The topological polar surface area (TPSA) is 69.8 Å². The molecule has 0 radical (unpaired) electrons. The summed E-state index contributed by atoms with van der Waals surface area (Å²) >= 11 is 6.00. The highest BCUT2D eigenvalue weighted by Gasteiger charge is 2.06. The van der Waals surface area contributed by atoms with E-state index in [2.05, 4.69) is 20.6 Å². The van der Waals surface area contributed by atoms with Crippen LogP contribution in [0.3, 0.4) is 0 Å². The number of nitrogens with one attached hydrogen (secondary N) is 3. The summed E-state index contributed by atoms with van der Waals surface area (Å²) in [5.74, 6) is 0.826. The van der Waals surface area contributed by atoms with Crippen LogP contribution in [0.1, 0.15) is 5.82 Å². The highest BCUT2D eigenvalue weighted by Crippen LogP contribution is 2.20. The van der Waals surface area contributed by atoms with Gasteiger partial charge in [0.1, 0.15) is 5.82 Å². The minimum Gasteiger partial charge on any atom is -0.342 e.